The Hall–Kier alpha value is -4.07. The summed E-state index contributed by atoms with van der Waals surface area (Å²) in [6.07, 6.45) is 0.895. The number of alkyl halides is 3. The summed E-state index contributed by atoms with van der Waals surface area (Å²) in [5.74, 6) is 0.175. The predicted molar refractivity (Wildman–Crippen MR) is 171 cm³/mol. The van der Waals surface area contributed by atoms with Gasteiger partial charge in [0.2, 0.25) is 0 Å². The average Bonchev–Trinajstić information content (AvgIpc) is 3.75. The number of thiophene rings is 1. The molecule has 2 aromatic carbocycles. The van der Waals surface area contributed by atoms with Crippen LogP contribution in [0.2, 0.25) is 5.02 Å². The predicted octanol–water partition coefficient (Wildman–Crippen LogP) is 7.18. The molecule has 1 atom stereocenters. The number of carbonyl (C=O) groups is 1. The first-order chi connectivity index (χ1) is 21.9. The number of amides is 1. The quantitative estimate of drug-likeness (QED) is 0.169. The van der Waals surface area contributed by atoms with Gasteiger partial charge in [-0.25, -0.2) is 4.98 Å². The number of hydrogen-bond acceptors (Lipinski definition) is 7. The molecule has 9 nitrogen and oxygen atoms in total. The van der Waals surface area contributed by atoms with Crippen molar-refractivity contribution in [1.82, 2.24) is 24.2 Å². The van der Waals surface area contributed by atoms with Gasteiger partial charge in [0.25, 0.3) is 5.91 Å². The number of aryl methyl sites for hydroxylation is 1. The number of likely N-dealkylation sites (tertiary alicyclic amines) is 1. The fourth-order valence-corrected chi connectivity index (χ4v) is 6.83. The zero-order valence-electron chi connectivity index (χ0n) is 25.1. The molecule has 1 saturated heterocycles. The highest BCUT2D eigenvalue weighted by Crippen LogP contribution is 2.39. The van der Waals surface area contributed by atoms with E-state index in [0.717, 1.165) is 22.2 Å². The van der Waals surface area contributed by atoms with Crippen LogP contribution in [0, 0.1) is 0 Å². The molecule has 0 unspecified atom stereocenters. The fourth-order valence-electron chi connectivity index (χ4n) is 5.58. The molecular weight excluding hydrogens is 641 g/mol. The van der Waals surface area contributed by atoms with Gasteiger partial charge in [0.15, 0.2) is 0 Å². The normalized spacial score (nSPS) is 15.3. The lowest BCUT2D eigenvalue weighted by atomic mass is 10.1. The number of benzene rings is 2. The van der Waals surface area contributed by atoms with Gasteiger partial charge < -0.3 is 20.1 Å². The van der Waals surface area contributed by atoms with Crippen LogP contribution in [0.4, 0.5) is 13.2 Å². The molecule has 1 aliphatic rings. The molecule has 5 aromatic rings. The number of fused-ring (bicyclic) bond motifs is 1. The Kier molecular flexibility index (Phi) is 8.99. The van der Waals surface area contributed by atoms with Gasteiger partial charge in [-0.05, 0) is 43.5 Å². The van der Waals surface area contributed by atoms with Crippen LogP contribution >= 0.6 is 22.9 Å². The number of piperidine rings is 1. The molecule has 1 fully saturated rings. The summed E-state index contributed by atoms with van der Waals surface area (Å²) in [4.78, 5) is 19.1. The topological polar surface area (TPSA) is 100 Å². The number of ether oxygens (including phenoxy) is 2. The maximum absolute atomic E-state index is 12.6. The van der Waals surface area contributed by atoms with Crippen LogP contribution in [0.1, 0.15) is 47.5 Å². The van der Waals surface area contributed by atoms with Crippen molar-refractivity contribution in [3.63, 3.8) is 0 Å². The summed E-state index contributed by atoms with van der Waals surface area (Å²) in [5.41, 5.74) is 10.0. The van der Waals surface area contributed by atoms with Gasteiger partial charge in [-0.15, -0.1) is 11.3 Å². The Labute approximate surface area is 272 Å². The minimum Gasteiger partial charge on any atom is -0.489 e. The lowest BCUT2D eigenvalue weighted by Crippen LogP contribution is -2.39. The second-order valence-electron chi connectivity index (χ2n) is 11.3. The Balaban J connectivity index is 1.17. The van der Waals surface area contributed by atoms with E-state index in [-0.39, 0.29) is 17.5 Å². The molecule has 1 aliphatic heterocycles. The van der Waals surface area contributed by atoms with E-state index in [0.29, 0.717) is 53.0 Å². The summed E-state index contributed by atoms with van der Waals surface area (Å²) >= 11 is 7.99. The molecule has 14 heteroatoms. The van der Waals surface area contributed by atoms with E-state index < -0.39 is 24.6 Å². The number of imidazole rings is 1. The second-order valence-corrected chi connectivity index (χ2v) is 12.7. The summed E-state index contributed by atoms with van der Waals surface area (Å²) in [6.45, 7) is 2.85. The SMILES string of the molecule is C[C@@H](Oc1cc(-n2cnc3cc(-c4cnn(C)c4)ccc32)sc1C(N)=O)c1cccc(OC2CCN(CCC(F)(F)F)CC2)c1Cl. The van der Waals surface area contributed by atoms with Gasteiger partial charge in [0, 0.05) is 50.1 Å². The number of hydrogen-bond donors (Lipinski definition) is 1. The van der Waals surface area contributed by atoms with Crippen molar-refractivity contribution >= 4 is 39.9 Å². The van der Waals surface area contributed by atoms with E-state index in [1.807, 2.05) is 49.0 Å². The fraction of sp³-hybridized carbons (Fsp3) is 0.344. The number of primary amides is 1. The number of halogens is 4. The lowest BCUT2D eigenvalue weighted by Gasteiger charge is -2.32. The smallest absolute Gasteiger partial charge is 0.390 e. The van der Waals surface area contributed by atoms with Gasteiger partial charge in [-0.3, -0.25) is 14.0 Å². The third kappa shape index (κ3) is 7.01. The number of aromatic nitrogens is 4. The molecule has 1 amide bonds. The van der Waals surface area contributed by atoms with Crippen molar-refractivity contribution in [2.45, 2.75) is 44.6 Å². The third-order valence-corrected chi connectivity index (χ3v) is 9.54. The molecular formula is C32H32ClF3N6O3S. The zero-order chi connectivity index (χ0) is 32.6. The maximum atomic E-state index is 12.6. The van der Waals surface area contributed by atoms with Crippen LogP contribution in [-0.2, 0) is 7.05 Å². The monoisotopic (exact) mass is 672 g/mol. The van der Waals surface area contributed by atoms with Crippen molar-refractivity contribution in [3.8, 4) is 27.6 Å². The molecule has 6 rings (SSSR count). The van der Waals surface area contributed by atoms with Gasteiger partial charge in [0.05, 0.1) is 28.7 Å². The maximum Gasteiger partial charge on any atom is 0.390 e. The first-order valence-electron chi connectivity index (χ1n) is 14.8. The Morgan fingerprint density at radius 1 is 1.15 bits per heavy atom. The molecule has 242 valence electrons. The van der Waals surface area contributed by atoms with Gasteiger partial charge >= 0.3 is 6.18 Å². The largest absolute Gasteiger partial charge is 0.489 e. The highest BCUT2D eigenvalue weighted by molar-refractivity contribution is 7.16. The van der Waals surface area contributed by atoms with Crippen LogP contribution in [-0.4, -0.2) is 62.1 Å². The summed E-state index contributed by atoms with van der Waals surface area (Å²) in [5, 5.41) is 5.32. The summed E-state index contributed by atoms with van der Waals surface area (Å²) in [7, 11) is 1.86. The molecule has 0 saturated carbocycles. The zero-order valence-corrected chi connectivity index (χ0v) is 26.7. The highest BCUT2D eigenvalue weighted by Gasteiger charge is 2.30. The first-order valence-corrected chi connectivity index (χ1v) is 16.0. The van der Waals surface area contributed by atoms with E-state index in [1.165, 1.54) is 11.3 Å². The van der Waals surface area contributed by atoms with Crippen molar-refractivity contribution in [1.29, 1.82) is 0 Å². The van der Waals surface area contributed by atoms with E-state index in [9.17, 15) is 18.0 Å². The van der Waals surface area contributed by atoms with E-state index in [2.05, 4.69) is 10.1 Å². The van der Waals surface area contributed by atoms with E-state index in [1.54, 1.807) is 40.3 Å². The molecule has 0 radical (unpaired) electrons. The van der Waals surface area contributed by atoms with Gasteiger partial charge in [0.1, 0.15) is 39.9 Å². The third-order valence-electron chi connectivity index (χ3n) is 8.01. The van der Waals surface area contributed by atoms with Crippen LogP contribution in [0.15, 0.2) is 61.2 Å². The minimum atomic E-state index is -4.16. The lowest BCUT2D eigenvalue weighted by molar-refractivity contribution is -0.138. The minimum absolute atomic E-state index is 0.0108. The molecule has 0 bridgehead atoms. The van der Waals surface area contributed by atoms with Crippen LogP contribution < -0.4 is 15.2 Å². The van der Waals surface area contributed by atoms with Crippen LogP contribution in [0.5, 0.6) is 11.5 Å². The van der Waals surface area contributed by atoms with Gasteiger partial charge in [-0.2, -0.15) is 18.3 Å². The van der Waals surface area contributed by atoms with E-state index >= 15 is 0 Å². The average molecular weight is 673 g/mol. The van der Waals surface area contributed by atoms with Crippen molar-refractivity contribution in [2.75, 3.05) is 19.6 Å². The molecule has 0 aliphatic carbocycles. The van der Waals surface area contributed by atoms with Crippen molar-refractivity contribution < 1.29 is 27.4 Å². The summed E-state index contributed by atoms with van der Waals surface area (Å²) < 4.78 is 53.9. The van der Waals surface area contributed by atoms with E-state index in [4.69, 9.17) is 26.8 Å². The molecule has 3 aromatic heterocycles. The number of nitrogens with zero attached hydrogens (tertiary/aromatic N) is 5. The highest BCUT2D eigenvalue weighted by atomic mass is 35.5. The van der Waals surface area contributed by atoms with Crippen LogP contribution in [0.3, 0.4) is 0 Å². The van der Waals surface area contributed by atoms with Gasteiger partial charge in [-0.1, -0.05) is 29.8 Å². The molecule has 46 heavy (non-hydrogen) atoms. The molecule has 4 heterocycles. The Morgan fingerprint density at radius 2 is 1.93 bits per heavy atom. The Bertz CT molecular complexity index is 1860. The van der Waals surface area contributed by atoms with Crippen molar-refractivity contribution in [2.24, 2.45) is 12.8 Å². The van der Waals surface area contributed by atoms with Crippen molar-refractivity contribution in [3.05, 3.63) is 76.6 Å². The second kappa shape index (κ2) is 13.0. The number of rotatable bonds is 10. The van der Waals surface area contributed by atoms with Crippen LogP contribution in [0.25, 0.3) is 27.2 Å². The standard InChI is InChI=1S/C32H32ClF3N6O3S/c1-19(23-4-3-5-26(29(23)33)45-22-8-11-41(12-9-22)13-10-32(34,35)36)44-27-15-28(46-30(27)31(37)43)42-18-38-24-14-20(6-7-25(24)42)21-16-39-40(2)17-21/h3-7,14-19,22H,8-13H2,1-2H3,(H2,37,43)/t19-/m1/s1. The Morgan fingerprint density at radius 3 is 2.63 bits per heavy atom. The summed E-state index contributed by atoms with van der Waals surface area (Å²) in [6, 6.07) is 13.1. The first kappa shape index (κ1) is 31.9. The number of nitrogens with two attached hydrogens (primary N) is 1. The number of carbonyl (C=O) groups excluding carboxylic acids is 1. The molecule has 2 N–H and O–H groups in total. The molecule has 0 spiro atoms.